The first-order valence-corrected chi connectivity index (χ1v) is 5.02. The van der Waals surface area contributed by atoms with E-state index in [2.05, 4.69) is 23.8 Å². The molecule has 1 heterocycles. The smallest absolute Gasteiger partial charge is 0.316 e. The minimum atomic E-state index is 0.0866. The summed E-state index contributed by atoms with van der Waals surface area (Å²) >= 11 is 0. The van der Waals surface area contributed by atoms with E-state index in [1.807, 2.05) is 0 Å². The third-order valence-corrected chi connectivity index (χ3v) is 1.67. The zero-order chi connectivity index (χ0) is 11.3. The molecule has 0 aliphatic carbocycles. The maximum Gasteiger partial charge on any atom is 0.316 e. The highest BCUT2D eigenvalue weighted by Crippen LogP contribution is 2.05. The summed E-state index contributed by atoms with van der Waals surface area (Å²) in [6.45, 7) is 6.24. The van der Waals surface area contributed by atoms with E-state index < -0.39 is 0 Å². The summed E-state index contributed by atoms with van der Waals surface area (Å²) in [6.07, 6.45) is 1.95. The Labute approximate surface area is 89.7 Å². The molecule has 0 atom stereocenters. The van der Waals surface area contributed by atoms with E-state index >= 15 is 0 Å². The average Bonchev–Trinajstić information content (AvgIpc) is 2.14. The second kappa shape index (κ2) is 5.44. The van der Waals surface area contributed by atoms with Crippen LogP contribution in [0.5, 0.6) is 6.01 Å². The highest BCUT2D eigenvalue weighted by Gasteiger charge is 2.03. The number of carbonyl (C=O) groups excluding carboxylic acids is 1. The summed E-state index contributed by atoms with van der Waals surface area (Å²) in [4.78, 5) is 19.0. The molecular formula is C11H16N2O2. The van der Waals surface area contributed by atoms with Gasteiger partial charge in [0.2, 0.25) is 0 Å². The topological polar surface area (TPSA) is 52.1 Å². The highest BCUT2D eigenvalue weighted by molar-refractivity contribution is 5.77. The van der Waals surface area contributed by atoms with Crippen LogP contribution in [0.25, 0.3) is 0 Å². The van der Waals surface area contributed by atoms with Gasteiger partial charge in [-0.25, -0.2) is 4.98 Å². The van der Waals surface area contributed by atoms with Crippen LogP contribution in [0.4, 0.5) is 0 Å². The van der Waals surface area contributed by atoms with Crippen LogP contribution in [0.15, 0.2) is 12.3 Å². The molecule has 15 heavy (non-hydrogen) atoms. The molecule has 1 aromatic rings. The van der Waals surface area contributed by atoms with Crippen LogP contribution in [0, 0.1) is 5.92 Å². The monoisotopic (exact) mass is 208 g/mol. The first-order valence-electron chi connectivity index (χ1n) is 5.02. The summed E-state index contributed by atoms with van der Waals surface area (Å²) in [5, 5.41) is 0. The van der Waals surface area contributed by atoms with Crippen LogP contribution in [0.2, 0.25) is 0 Å². The molecular weight excluding hydrogens is 192 g/mol. The van der Waals surface area contributed by atoms with Crippen molar-refractivity contribution in [3.05, 3.63) is 18.0 Å². The Hall–Kier alpha value is -1.45. The van der Waals surface area contributed by atoms with Crippen molar-refractivity contribution in [2.75, 3.05) is 6.61 Å². The second-order valence-corrected chi connectivity index (χ2v) is 3.91. The fourth-order valence-corrected chi connectivity index (χ4v) is 1.04. The van der Waals surface area contributed by atoms with E-state index in [9.17, 15) is 4.79 Å². The molecule has 0 unspecified atom stereocenters. The molecule has 1 aromatic heterocycles. The molecule has 4 heteroatoms. The molecule has 0 amide bonds. The van der Waals surface area contributed by atoms with Crippen LogP contribution in [-0.4, -0.2) is 22.4 Å². The molecule has 0 aliphatic heterocycles. The number of ether oxygens (including phenoxy) is 1. The number of hydrogen-bond donors (Lipinski definition) is 0. The molecule has 0 saturated carbocycles. The van der Waals surface area contributed by atoms with Gasteiger partial charge in [-0.3, -0.25) is 4.79 Å². The third-order valence-electron chi connectivity index (χ3n) is 1.67. The number of aromatic nitrogens is 2. The predicted octanol–water partition coefficient (Wildman–Crippen LogP) is 1.64. The molecule has 1 rings (SSSR count). The molecule has 0 spiro atoms. The molecule has 0 aromatic carbocycles. The normalized spacial score (nSPS) is 10.4. The maximum atomic E-state index is 10.9. The van der Waals surface area contributed by atoms with Crippen molar-refractivity contribution in [3.63, 3.8) is 0 Å². The number of ketones is 1. The van der Waals surface area contributed by atoms with Crippen molar-refractivity contribution in [1.82, 2.24) is 9.97 Å². The Bertz CT molecular complexity index is 337. The lowest BCUT2D eigenvalue weighted by atomic mass is 10.2. The van der Waals surface area contributed by atoms with Crippen LogP contribution >= 0.6 is 0 Å². The Balaban J connectivity index is 2.61. The SMILES string of the molecule is CC(=O)Cc1ccnc(OCC(C)C)n1. The van der Waals surface area contributed by atoms with Crippen LogP contribution in [0.1, 0.15) is 26.5 Å². The fraction of sp³-hybridized carbons (Fsp3) is 0.545. The highest BCUT2D eigenvalue weighted by atomic mass is 16.5. The first kappa shape index (κ1) is 11.6. The van der Waals surface area contributed by atoms with Gasteiger partial charge >= 0.3 is 6.01 Å². The van der Waals surface area contributed by atoms with E-state index in [1.165, 1.54) is 6.92 Å². The third kappa shape index (κ3) is 4.54. The molecule has 4 nitrogen and oxygen atoms in total. The van der Waals surface area contributed by atoms with Gasteiger partial charge in [-0.1, -0.05) is 13.8 Å². The molecule has 82 valence electrons. The maximum absolute atomic E-state index is 10.9. The zero-order valence-electron chi connectivity index (χ0n) is 9.36. The lowest BCUT2D eigenvalue weighted by Crippen LogP contribution is -2.08. The molecule has 0 saturated heterocycles. The minimum Gasteiger partial charge on any atom is -0.463 e. The van der Waals surface area contributed by atoms with Gasteiger partial charge in [-0.05, 0) is 18.9 Å². The van der Waals surface area contributed by atoms with Gasteiger partial charge in [0.05, 0.1) is 12.3 Å². The lowest BCUT2D eigenvalue weighted by Gasteiger charge is -2.07. The van der Waals surface area contributed by atoms with E-state index in [0.29, 0.717) is 30.7 Å². The number of rotatable bonds is 5. The van der Waals surface area contributed by atoms with E-state index in [-0.39, 0.29) is 5.78 Å². The predicted molar refractivity (Wildman–Crippen MR) is 56.8 cm³/mol. The number of hydrogen-bond acceptors (Lipinski definition) is 4. The Morgan fingerprint density at radius 1 is 1.53 bits per heavy atom. The standard InChI is InChI=1S/C11H16N2O2/c1-8(2)7-15-11-12-5-4-10(13-11)6-9(3)14/h4-5,8H,6-7H2,1-3H3. The van der Waals surface area contributed by atoms with Crippen molar-refractivity contribution in [3.8, 4) is 6.01 Å². The number of nitrogens with zero attached hydrogens (tertiary/aromatic N) is 2. The Morgan fingerprint density at radius 3 is 2.87 bits per heavy atom. The Kier molecular flexibility index (Phi) is 4.21. The van der Waals surface area contributed by atoms with Crippen molar-refractivity contribution in [1.29, 1.82) is 0 Å². The molecule has 0 aliphatic rings. The van der Waals surface area contributed by atoms with Crippen molar-refractivity contribution in [2.24, 2.45) is 5.92 Å². The zero-order valence-corrected chi connectivity index (χ0v) is 9.36. The summed E-state index contributed by atoms with van der Waals surface area (Å²) < 4.78 is 5.36. The quantitative estimate of drug-likeness (QED) is 0.738. The fourth-order valence-electron chi connectivity index (χ4n) is 1.04. The molecule has 0 bridgehead atoms. The van der Waals surface area contributed by atoms with Crippen molar-refractivity contribution in [2.45, 2.75) is 27.2 Å². The van der Waals surface area contributed by atoms with Gasteiger partial charge in [0.1, 0.15) is 5.78 Å². The molecule has 0 N–H and O–H groups in total. The van der Waals surface area contributed by atoms with Gasteiger partial charge in [-0.2, -0.15) is 4.98 Å². The summed E-state index contributed by atoms with van der Waals surface area (Å²) in [6, 6.07) is 2.08. The van der Waals surface area contributed by atoms with Gasteiger partial charge in [0, 0.05) is 12.6 Å². The largest absolute Gasteiger partial charge is 0.463 e. The van der Waals surface area contributed by atoms with Crippen LogP contribution in [-0.2, 0) is 11.2 Å². The van der Waals surface area contributed by atoms with Crippen molar-refractivity contribution < 1.29 is 9.53 Å². The van der Waals surface area contributed by atoms with Crippen LogP contribution < -0.4 is 4.74 Å². The number of Topliss-reactive ketones (excluding diaryl/α,β-unsaturated/α-hetero) is 1. The van der Waals surface area contributed by atoms with Gasteiger partial charge in [0.15, 0.2) is 0 Å². The van der Waals surface area contributed by atoms with Crippen molar-refractivity contribution >= 4 is 5.78 Å². The van der Waals surface area contributed by atoms with Crippen LogP contribution in [0.3, 0.4) is 0 Å². The van der Waals surface area contributed by atoms with E-state index in [1.54, 1.807) is 12.3 Å². The molecule has 0 fully saturated rings. The van der Waals surface area contributed by atoms with Gasteiger partial charge < -0.3 is 4.74 Å². The Morgan fingerprint density at radius 2 is 2.27 bits per heavy atom. The summed E-state index contributed by atoms with van der Waals surface area (Å²) in [5.41, 5.74) is 0.705. The lowest BCUT2D eigenvalue weighted by molar-refractivity contribution is -0.116. The molecule has 0 radical (unpaired) electrons. The van der Waals surface area contributed by atoms with E-state index in [0.717, 1.165) is 0 Å². The number of carbonyl (C=O) groups is 1. The second-order valence-electron chi connectivity index (χ2n) is 3.91. The van der Waals surface area contributed by atoms with Gasteiger partial charge in [0.25, 0.3) is 0 Å². The average molecular weight is 208 g/mol. The van der Waals surface area contributed by atoms with Gasteiger partial charge in [-0.15, -0.1) is 0 Å². The first-order chi connectivity index (χ1) is 7.08. The summed E-state index contributed by atoms with van der Waals surface area (Å²) in [7, 11) is 0. The minimum absolute atomic E-state index is 0.0866. The summed E-state index contributed by atoms with van der Waals surface area (Å²) in [5.74, 6) is 0.522. The van der Waals surface area contributed by atoms with E-state index in [4.69, 9.17) is 4.74 Å².